The van der Waals surface area contributed by atoms with Crippen molar-refractivity contribution in [1.82, 2.24) is 4.98 Å². The number of rotatable bonds is 2. The molecule has 4 heteroatoms. The molecule has 0 aliphatic rings. The number of hydrogen-bond donors (Lipinski definition) is 0. The summed E-state index contributed by atoms with van der Waals surface area (Å²) in [4.78, 5) is 4.59. The van der Waals surface area contributed by atoms with Crippen LogP contribution in [-0.2, 0) is 7.05 Å². The van der Waals surface area contributed by atoms with E-state index >= 15 is 0 Å². The number of hydrogen-bond acceptors (Lipinski definition) is 2. The molecule has 0 fully saturated rings. The van der Waals surface area contributed by atoms with Gasteiger partial charge in [0, 0.05) is 28.3 Å². The predicted molar refractivity (Wildman–Crippen MR) is 78.3 cm³/mol. The minimum absolute atomic E-state index is 0.591. The van der Waals surface area contributed by atoms with E-state index in [9.17, 15) is 0 Å². The van der Waals surface area contributed by atoms with E-state index in [0.717, 1.165) is 22.6 Å². The second kappa shape index (κ2) is 5.10. The Morgan fingerprint density at radius 1 is 1.10 bits per heavy atom. The minimum atomic E-state index is 0.591. The Kier molecular flexibility index (Phi) is 3.28. The molecule has 2 heterocycles. The number of aromatic nitrogens is 2. The zero-order valence-electron chi connectivity index (χ0n) is 11.3. The van der Waals surface area contributed by atoms with Gasteiger partial charge in [0.25, 0.3) is 0 Å². The molecule has 0 aliphatic heterocycles. The molecule has 0 saturated carbocycles. The third kappa shape index (κ3) is 2.45. The summed E-state index contributed by atoms with van der Waals surface area (Å²) < 4.78 is 7.75. The third-order valence-electron chi connectivity index (χ3n) is 3.12. The molecule has 100 valence electrons. The summed E-state index contributed by atoms with van der Waals surface area (Å²) in [6.45, 7) is 1.92. The average Bonchev–Trinajstić information content (AvgIpc) is 2.82. The van der Waals surface area contributed by atoms with Crippen LogP contribution in [0.5, 0.6) is 0 Å². The van der Waals surface area contributed by atoms with Crippen LogP contribution in [0.15, 0.2) is 53.2 Å². The lowest BCUT2D eigenvalue weighted by Gasteiger charge is -1.95. The van der Waals surface area contributed by atoms with Crippen LogP contribution in [0.1, 0.15) is 5.76 Å². The van der Waals surface area contributed by atoms with Crippen molar-refractivity contribution >= 4 is 11.6 Å². The van der Waals surface area contributed by atoms with Crippen molar-refractivity contribution in [1.29, 1.82) is 0 Å². The lowest BCUT2D eigenvalue weighted by Crippen LogP contribution is -2.25. The lowest BCUT2D eigenvalue weighted by molar-refractivity contribution is -0.671. The molecule has 3 nitrogen and oxygen atoms in total. The molecule has 0 N–H and O–H groups in total. The highest BCUT2D eigenvalue weighted by Gasteiger charge is 2.14. The van der Waals surface area contributed by atoms with Crippen molar-refractivity contribution < 1.29 is 8.98 Å². The molecule has 20 heavy (non-hydrogen) atoms. The Bertz CT molecular complexity index is 747. The van der Waals surface area contributed by atoms with Gasteiger partial charge < -0.3 is 4.42 Å². The first-order valence-electron chi connectivity index (χ1n) is 6.32. The van der Waals surface area contributed by atoms with E-state index in [1.165, 1.54) is 0 Å². The highest BCUT2D eigenvalue weighted by molar-refractivity contribution is 6.30. The van der Waals surface area contributed by atoms with Crippen LogP contribution in [-0.4, -0.2) is 4.98 Å². The van der Waals surface area contributed by atoms with Crippen molar-refractivity contribution in [2.24, 2.45) is 7.05 Å². The van der Waals surface area contributed by atoms with Crippen molar-refractivity contribution in [3.05, 3.63) is 59.6 Å². The van der Waals surface area contributed by atoms with Crippen LogP contribution in [0.4, 0.5) is 0 Å². The first kappa shape index (κ1) is 12.9. The van der Waals surface area contributed by atoms with E-state index < -0.39 is 0 Å². The number of aryl methyl sites for hydroxylation is 2. The third-order valence-corrected chi connectivity index (χ3v) is 3.36. The molecule has 0 bridgehead atoms. The Morgan fingerprint density at radius 3 is 2.55 bits per heavy atom. The van der Waals surface area contributed by atoms with Crippen LogP contribution in [0.3, 0.4) is 0 Å². The maximum atomic E-state index is 6.00. The summed E-state index contributed by atoms with van der Waals surface area (Å²) in [5.74, 6) is 1.39. The molecule has 1 aromatic carbocycles. The van der Waals surface area contributed by atoms with E-state index in [4.69, 9.17) is 16.0 Å². The van der Waals surface area contributed by atoms with Gasteiger partial charge in [-0.05, 0) is 25.1 Å². The molecule has 0 saturated heterocycles. The van der Waals surface area contributed by atoms with Gasteiger partial charge in [-0.1, -0.05) is 17.7 Å². The fourth-order valence-electron chi connectivity index (χ4n) is 2.07. The fraction of sp³-hybridized carbons (Fsp3) is 0.125. The number of halogens is 1. The molecule has 0 aliphatic carbocycles. The lowest BCUT2D eigenvalue weighted by atomic mass is 10.2. The zero-order valence-corrected chi connectivity index (χ0v) is 12.1. The van der Waals surface area contributed by atoms with Gasteiger partial charge in [0.15, 0.2) is 12.4 Å². The van der Waals surface area contributed by atoms with Gasteiger partial charge in [-0.25, -0.2) is 9.55 Å². The van der Waals surface area contributed by atoms with Crippen molar-refractivity contribution in [2.75, 3.05) is 0 Å². The minimum Gasteiger partial charge on any atom is -0.441 e. The second-order valence-corrected chi connectivity index (χ2v) is 5.12. The van der Waals surface area contributed by atoms with Gasteiger partial charge in [-0.15, -0.1) is 0 Å². The molecule has 3 aromatic rings. The average molecular weight is 286 g/mol. The number of nitrogens with zero attached hydrogens (tertiary/aromatic N) is 2. The van der Waals surface area contributed by atoms with Gasteiger partial charge in [-0.2, -0.15) is 0 Å². The van der Waals surface area contributed by atoms with Crippen LogP contribution < -0.4 is 4.57 Å². The number of pyridine rings is 1. The van der Waals surface area contributed by atoms with E-state index in [-0.39, 0.29) is 0 Å². The van der Waals surface area contributed by atoms with Crippen molar-refractivity contribution in [3.63, 3.8) is 0 Å². The summed E-state index contributed by atoms with van der Waals surface area (Å²) in [5, 5.41) is 0.673. The quantitative estimate of drug-likeness (QED) is 0.671. The molecule has 0 atom stereocenters. The first-order chi connectivity index (χ1) is 9.63. The van der Waals surface area contributed by atoms with Crippen LogP contribution >= 0.6 is 11.6 Å². The van der Waals surface area contributed by atoms with E-state index in [2.05, 4.69) is 4.98 Å². The smallest absolute Gasteiger partial charge is 0.226 e. The van der Waals surface area contributed by atoms with Gasteiger partial charge in [-0.3, -0.25) is 0 Å². The Labute approximate surface area is 122 Å². The monoisotopic (exact) mass is 285 g/mol. The van der Waals surface area contributed by atoms with Gasteiger partial charge in [0.1, 0.15) is 18.5 Å². The normalized spacial score (nSPS) is 10.8. The molecule has 0 unspecified atom stereocenters. The van der Waals surface area contributed by atoms with Gasteiger partial charge >= 0.3 is 0 Å². The predicted octanol–water partition coefficient (Wildman–Crippen LogP) is 3.79. The SMILES string of the molecule is Cc1oc(-c2cccc(Cl)c2)nc1-c1cc[n+](C)cc1. The molecular weight excluding hydrogens is 272 g/mol. The van der Waals surface area contributed by atoms with Crippen LogP contribution in [0.2, 0.25) is 5.02 Å². The fourth-order valence-corrected chi connectivity index (χ4v) is 2.26. The Balaban J connectivity index is 2.05. The molecule has 3 rings (SSSR count). The zero-order chi connectivity index (χ0) is 14.1. The van der Waals surface area contributed by atoms with E-state index in [0.29, 0.717) is 10.9 Å². The summed E-state index contributed by atoms with van der Waals surface area (Å²) >= 11 is 6.00. The summed E-state index contributed by atoms with van der Waals surface area (Å²) in [7, 11) is 1.98. The van der Waals surface area contributed by atoms with Gasteiger partial charge in [0.05, 0.1) is 0 Å². The number of benzene rings is 1. The highest BCUT2D eigenvalue weighted by Crippen LogP contribution is 2.29. The molecule has 0 spiro atoms. The molecule has 0 amide bonds. The van der Waals surface area contributed by atoms with Crippen LogP contribution in [0.25, 0.3) is 22.7 Å². The maximum Gasteiger partial charge on any atom is 0.226 e. The maximum absolute atomic E-state index is 6.00. The first-order valence-corrected chi connectivity index (χ1v) is 6.70. The number of oxazole rings is 1. The van der Waals surface area contributed by atoms with E-state index in [1.54, 1.807) is 0 Å². The molecule has 0 radical (unpaired) electrons. The van der Waals surface area contributed by atoms with Crippen molar-refractivity contribution in [3.8, 4) is 22.7 Å². The summed E-state index contributed by atoms with van der Waals surface area (Å²) in [5.41, 5.74) is 2.78. The topological polar surface area (TPSA) is 29.9 Å². The standard InChI is InChI=1S/C16H14ClN2O/c1-11-15(12-6-8-19(2)9-7-12)18-16(20-11)13-4-3-5-14(17)10-13/h3-10H,1-2H3/q+1. The van der Waals surface area contributed by atoms with Crippen LogP contribution in [0, 0.1) is 6.92 Å². The molecule has 2 aromatic heterocycles. The highest BCUT2D eigenvalue weighted by atomic mass is 35.5. The summed E-state index contributed by atoms with van der Waals surface area (Å²) in [6.07, 6.45) is 3.98. The summed E-state index contributed by atoms with van der Waals surface area (Å²) in [6, 6.07) is 11.5. The molecular formula is C16H14ClN2O+. The Hall–Kier alpha value is -2.13. The van der Waals surface area contributed by atoms with E-state index in [1.807, 2.05) is 67.3 Å². The van der Waals surface area contributed by atoms with Crippen molar-refractivity contribution in [2.45, 2.75) is 6.92 Å². The second-order valence-electron chi connectivity index (χ2n) is 4.69. The Morgan fingerprint density at radius 2 is 1.85 bits per heavy atom. The largest absolute Gasteiger partial charge is 0.441 e. The van der Waals surface area contributed by atoms with Gasteiger partial charge in [0.2, 0.25) is 5.89 Å².